The van der Waals surface area contributed by atoms with Crippen LogP contribution in [0.3, 0.4) is 0 Å². The molecular weight excluding hydrogens is 388 g/mol. The van der Waals surface area contributed by atoms with Crippen LogP contribution in [-0.2, 0) is 19.0 Å². The second kappa shape index (κ2) is 9.97. The lowest BCUT2D eigenvalue weighted by Gasteiger charge is -2.42. The number of rotatable bonds is 8. The smallest absolute Gasteiger partial charge is 0.303 e. The van der Waals surface area contributed by atoms with Gasteiger partial charge in [-0.2, -0.15) is 0 Å². The second-order valence-corrected chi connectivity index (χ2v) is 8.83. The molecule has 6 N–H and O–H groups in total. The molecule has 1 aliphatic carbocycles. The lowest BCUT2D eigenvalue weighted by molar-refractivity contribution is -0.320. The zero-order chi connectivity index (χ0) is 21.9. The number of carboxylic acid groups (broad SMARTS) is 1. The van der Waals surface area contributed by atoms with Gasteiger partial charge in [-0.15, -0.1) is 0 Å². The van der Waals surface area contributed by atoms with Gasteiger partial charge >= 0.3 is 5.97 Å². The van der Waals surface area contributed by atoms with Gasteiger partial charge in [0.25, 0.3) is 0 Å². The monoisotopic (exact) mass is 422 g/mol. The molecule has 1 saturated heterocycles. The molecule has 1 aliphatic heterocycles. The van der Waals surface area contributed by atoms with Crippen LogP contribution in [0.2, 0.25) is 0 Å². The lowest BCUT2D eigenvalue weighted by Crippen LogP contribution is -2.59. The van der Waals surface area contributed by atoms with E-state index in [0.29, 0.717) is 12.8 Å². The van der Waals surface area contributed by atoms with Crippen molar-refractivity contribution in [3.8, 4) is 0 Å². The third-order valence-electron chi connectivity index (χ3n) is 5.57. The van der Waals surface area contributed by atoms with E-state index in [1.807, 2.05) is 0 Å². The predicted molar refractivity (Wildman–Crippen MR) is 98.8 cm³/mol. The van der Waals surface area contributed by atoms with Crippen LogP contribution in [0.4, 0.5) is 0 Å². The Hall–Kier alpha value is -0.850. The van der Waals surface area contributed by atoms with E-state index in [1.54, 1.807) is 20.8 Å². The highest BCUT2D eigenvalue weighted by Crippen LogP contribution is 2.32. The molecule has 2 aliphatic rings. The standard InChI is InChI=1S/C19H34O10/c1-9-14(23)16(25)17(26)18(28-9)29-19(2,3)8-27-7-10-4-11(6-13(21)22)15(24)12(20)5-10/h9-12,14-18,20,23-26H,4-8H2,1-3H3,(H,21,22)/t9?,10?,11?,12?,14-,15?,16?,17?,18+/m1/s1. The lowest BCUT2D eigenvalue weighted by atomic mass is 9.76. The molecule has 0 aromatic rings. The van der Waals surface area contributed by atoms with Crippen LogP contribution in [0, 0.1) is 11.8 Å². The predicted octanol–water partition coefficient (Wildman–Crippen LogP) is -1.15. The Labute approximate surface area is 170 Å². The van der Waals surface area contributed by atoms with Gasteiger partial charge in [-0.1, -0.05) is 0 Å². The normalized spacial score (nSPS) is 41.3. The van der Waals surface area contributed by atoms with Crippen molar-refractivity contribution in [3.05, 3.63) is 0 Å². The topological polar surface area (TPSA) is 166 Å². The summed E-state index contributed by atoms with van der Waals surface area (Å²) in [5.74, 6) is -1.67. The maximum atomic E-state index is 10.9. The van der Waals surface area contributed by atoms with E-state index < -0.39 is 60.4 Å². The molecule has 0 aromatic heterocycles. The maximum absolute atomic E-state index is 10.9. The highest BCUT2D eigenvalue weighted by atomic mass is 16.7. The molecule has 0 amide bonds. The van der Waals surface area contributed by atoms with Crippen molar-refractivity contribution in [2.24, 2.45) is 11.8 Å². The molecule has 0 aromatic carbocycles. The highest BCUT2D eigenvalue weighted by molar-refractivity contribution is 5.67. The summed E-state index contributed by atoms with van der Waals surface area (Å²) in [7, 11) is 0. The van der Waals surface area contributed by atoms with Crippen LogP contribution in [0.25, 0.3) is 0 Å². The highest BCUT2D eigenvalue weighted by Gasteiger charge is 2.44. The summed E-state index contributed by atoms with van der Waals surface area (Å²) < 4.78 is 16.9. The van der Waals surface area contributed by atoms with Gasteiger partial charge in [-0.3, -0.25) is 4.79 Å². The number of ether oxygens (including phenoxy) is 3. The number of hydrogen-bond donors (Lipinski definition) is 6. The molecule has 2 fully saturated rings. The second-order valence-electron chi connectivity index (χ2n) is 8.83. The van der Waals surface area contributed by atoms with E-state index in [4.69, 9.17) is 19.3 Å². The summed E-state index contributed by atoms with van der Waals surface area (Å²) in [5, 5.41) is 58.6. The Morgan fingerprint density at radius 2 is 1.69 bits per heavy atom. The summed E-state index contributed by atoms with van der Waals surface area (Å²) in [6.07, 6.45) is -7.38. The molecule has 1 heterocycles. The van der Waals surface area contributed by atoms with Crippen molar-refractivity contribution in [1.82, 2.24) is 0 Å². The van der Waals surface area contributed by atoms with Crippen LogP contribution in [0.5, 0.6) is 0 Å². The SMILES string of the molecule is CC1O[C@@H](OC(C)(C)COCC2CC(O)C(O)C(CC(=O)O)C2)C(O)C(O)[C@@H]1O. The van der Waals surface area contributed by atoms with Crippen molar-refractivity contribution in [2.75, 3.05) is 13.2 Å². The minimum Gasteiger partial charge on any atom is -0.481 e. The van der Waals surface area contributed by atoms with Gasteiger partial charge in [0, 0.05) is 6.61 Å². The Kier molecular flexibility index (Phi) is 8.40. The molecule has 29 heavy (non-hydrogen) atoms. The van der Waals surface area contributed by atoms with Gasteiger partial charge in [0.2, 0.25) is 0 Å². The van der Waals surface area contributed by atoms with Gasteiger partial charge in [0.1, 0.15) is 18.3 Å². The van der Waals surface area contributed by atoms with E-state index in [2.05, 4.69) is 0 Å². The number of hydrogen-bond acceptors (Lipinski definition) is 9. The summed E-state index contributed by atoms with van der Waals surface area (Å²) in [6, 6.07) is 0. The first-order valence-electron chi connectivity index (χ1n) is 9.94. The quantitative estimate of drug-likeness (QED) is 0.281. The van der Waals surface area contributed by atoms with Gasteiger partial charge in [0.05, 0.1) is 36.9 Å². The zero-order valence-corrected chi connectivity index (χ0v) is 17.0. The Balaban J connectivity index is 1.83. The van der Waals surface area contributed by atoms with Gasteiger partial charge in [0.15, 0.2) is 6.29 Å². The van der Waals surface area contributed by atoms with Gasteiger partial charge < -0.3 is 44.8 Å². The molecule has 10 heteroatoms. The van der Waals surface area contributed by atoms with Crippen molar-refractivity contribution in [1.29, 1.82) is 0 Å². The van der Waals surface area contributed by atoms with E-state index in [9.17, 15) is 30.3 Å². The molecule has 10 nitrogen and oxygen atoms in total. The number of carboxylic acids is 1. The van der Waals surface area contributed by atoms with Crippen molar-refractivity contribution >= 4 is 5.97 Å². The van der Waals surface area contributed by atoms with E-state index >= 15 is 0 Å². The molecule has 2 rings (SSSR count). The molecule has 0 bridgehead atoms. The summed E-state index contributed by atoms with van der Waals surface area (Å²) in [5.41, 5.74) is -0.888. The molecule has 170 valence electrons. The largest absolute Gasteiger partial charge is 0.481 e. The summed E-state index contributed by atoms with van der Waals surface area (Å²) in [4.78, 5) is 10.9. The number of aliphatic carboxylic acids is 1. The number of aliphatic hydroxyl groups is 5. The molecular formula is C19H34O10. The Morgan fingerprint density at radius 1 is 1.03 bits per heavy atom. The zero-order valence-electron chi connectivity index (χ0n) is 17.0. The van der Waals surface area contributed by atoms with E-state index in [1.165, 1.54) is 0 Å². The van der Waals surface area contributed by atoms with Crippen molar-refractivity contribution in [2.45, 2.75) is 88.5 Å². The molecule has 9 atom stereocenters. The average molecular weight is 422 g/mol. The number of carbonyl (C=O) groups is 1. The number of aliphatic hydroxyl groups excluding tert-OH is 5. The minimum atomic E-state index is -1.41. The van der Waals surface area contributed by atoms with Crippen molar-refractivity contribution in [3.63, 3.8) is 0 Å². The molecule has 0 spiro atoms. The fraction of sp³-hybridized carbons (Fsp3) is 0.947. The van der Waals surface area contributed by atoms with Crippen LogP contribution in [0.1, 0.15) is 40.0 Å². The molecule has 7 unspecified atom stereocenters. The maximum Gasteiger partial charge on any atom is 0.303 e. The summed E-state index contributed by atoms with van der Waals surface area (Å²) in [6.45, 7) is 5.37. The Bertz CT molecular complexity index is 541. The first-order valence-corrected chi connectivity index (χ1v) is 9.94. The van der Waals surface area contributed by atoms with E-state index in [-0.39, 0.29) is 25.6 Å². The fourth-order valence-electron chi connectivity index (χ4n) is 3.95. The van der Waals surface area contributed by atoms with Crippen LogP contribution >= 0.6 is 0 Å². The summed E-state index contributed by atoms with van der Waals surface area (Å²) >= 11 is 0. The van der Waals surface area contributed by atoms with E-state index in [0.717, 1.165) is 0 Å². The average Bonchev–Trinajstić information content (AvgIpc) is 2.61. The van der Waals surface area contributed by atoms with Crippen molar-refractivity contribution < 1.29 is 49.6 Å². The van der Waals surface area contributed by atoms with Gasteiger partial charge in [-0.05, 0) is 45.4 Å². The molecule has 1 saturated carbocycles. The Morgan fingerprint density at radius 3 is 2.31 bits per heavy atom. The van der Waals surface area contributed by atoms with Crippen LogP contribution in [0.15, 0.2) is 0 Å². The van der Waals surface area contributed by atoms with Crippen LogP contribution in [-0.4, -0.2) is 98.3 Å². The fourth-order valence-corrected chi connectivity index (χ4v) is 3.95. The molecule has 0 radical (unpaired) electrons. The first-order chi connectivity index (χ1) is 13.4. The first kappa shape index (κ1) is 24.4. The van der Waals surface area contributed by atoms with Gasteiger partial charge in [-0.25, -0.2) is 0 Å². The third-order valence-corrected chi connectivity index (χ3v) is 5.57. The van der Waals surface area contributed by atoms with Crippen LogP contribution < -0.4 is 0 Å². The third kappa shape index (κ3) is 6.56. The minimum absolute atomic E-state index is 0.109.